The molecule has 1 amide bonds. The zero-order chi connectivity index (χ0) is 14.1. The molecule has 0 radical (unpaired) electrons. The van der Waals surface area contributed by atoms with Gasteiger partial charge in [0.25, 0.3) is 0 Å². The van der Waals surface area contributed by atoms with Gasteiger partial charge in [-0.2, -0.15) is 0 Å². The van der Waals surface area contributed by atoms with Crippen molar-refractivity contribution in [1.29, 1.82) is 0 Å². The van der Waals surface area contributed by atoms with Crippen LogP contribution in [-0.2, 0) is 14.3 Å². The highest BCUT2D eigenvalue weighted by molar-refractivity contribution is 7.80. The van der Waals surface area contributed by atoms with Crippen molar-refractivity contribution in [2.24, 2.45) is 0 Å². The summed E-state index contributed by atoms with van der Waals surface area (Å²) in [6.07, 6.45) is 2.11. The molecule has 0 unspecified atom stereocenters. The van der Waals surface area contributed by atoms with Gasteiger partial charge in [0, 0.05) is 17.8 Å². The van der Waals surface area contributed by atoms with Gasteiger partial charge in [0.1, 0.15) is 0 Å². The van der Waals surface area contributed by atoms with E-state index in [9.17, 15) is 9.59 Å². The van der Waals surface area contributed by atoms with Crippen LogP contribution in [0.3, 0.4) is 0 Å². The van der Waals surface area contributed by atoms with Crippen molar-refractivity contribution in [3.8, 4) is 0 Å². The second-order valence-electron chi connectivity index (χ2n) is 3.39. The van der Waals surface area contributed by atoms with Crippen LogP contribution in [0.5, 0.6) is 0 Å². The SMILES string of the molecule is CCOC(=O)C=CC(=O)NC(=S)Nc1ccccc1. The summed E-state index contributed by atoms with van der Waals surface area (Å²) in [5, 5.41) is 5.40. The molecule has 100 valence electrons. The van der Waals surface area contributed by atoms with E-state index in [0.29, 0.717) is 0 Å². The summed E-state index contributed by atoms with van der Waals surface area (Å²) in [7, 11) is 0. The summed E-state index contributed by atoms with van der Waals surface area (Å²) < 4.78 is 4.64. The molecule has 0 saturated carbocycles. The van der Waals surface area contributed by atoms with E-state index in [1.165, 1.54) is 0 Å². The highest BCUT2D eigenvalue weighted by Gasteiger charge is 2.02. The second kappa shape index (κ2) is 7.99. The number of carbonyl (C=O) groups excluding carboxylic acids is 2. The van der Waals surface area contributed by atoms with Gasteiger partial charge in [-0.25, -0.2) is 4.79 Å². The number of amides is 1. The maximum absolute atomic E-state index is 11.4. The maximum Gasteiger partial charge on any atom is 0.330 e. The molecule has 0 aromatic heterocycles. The fraction of sp³-hybridized carbons (Fsp3) is 0.154. The molecule has 0 fully saturated rings. The molecule has 0 heterocycles. The number of ether oxygens (including phenoxy) is 1. The Morgan fingerprint density at radius 1 is 1.26 bits per heavy atom. The van der Waals surface area contributed by atoms with Gasteiger partial charge in [0.05, 0.1) is 6.61 Å². The third-order valence-corrected chi connectivity index (χ3v) is 2.13. The van der Waals surface area contributed by atoms with E-state index in [1.807, 2.05) is 30.3 Å². The first kappa shape index (κ1) is 14.8. The van der Waals surface area contributed by atoms with Crippen molar-refractivity contribution in [1.82, 2.24) is 5.32 Å². The number of nitrogens with one attached hydrogen (secondary N) is 2. The first-order valence-corrected chi connectivity index (χ1v) is 6.04. The molecule has 2 N–H and O–H groups in total. The fourth-order valence-corrected chi connectivity index (χ4v) is 1.39. The maximum atomic E-state index is 11.4. The Morgan fingerprint density at radius 3 is 2.58 bits per heavy atom. The minimum atomic E-state index is -0.570. The Labute approximate surface area is 116 Å². The molecule has 19 heavy (non-hydrogen) atoms. The molecular weight excluding hydrogens is 264 g/mol. The Morgan fingerprint density at radius 2 is 1.95 bits per heavy atom. The molecule has 0 bridgehead atoms. The largest absolute Gasteiger partial charge is 0.463 e. The van der Waals surface area contributed by atoms with Crippen molar-refractivity contribution >= 4 is 34.9 Å². The number of para-hydroxylation sites is 1. The van der Waals surface area contributed by atoms with E-state index in [-0.39, 0.29) is 11.7 Å². The number of esters is 1. The van der Waals surface area contributed by atoms with Crippen molar-refractivity contribution in [3.05, 3.63) is 42.5 Å². The summed E-state index contributed by atoms with van der Waals surface area (Å²) >= 11 is 4.95. The molecule has 0 saturated heterocycles. The lowest BCUT2D eigenvalue weighted by Gasteiger charge is -2.07. The van der Waals surface area contributed by atoms with Gasteiger partial charge in [-0.15, -0.1) is 0 Å². The van der Waals surface area contributed by atoms with Crippen molar-refractivity contribution in [2.75, 3.05) is 11.9 Å². The predicted octanol–water partition coefficient (Wildman–Crippen LogP) is 1.62. The fourth-order valence-electron chi connectivity index (χ4n) is 1.17. The molecule has 1 aromatic carbocycles. The smallest absolute Gasteiger partial charge is 0.330 e. The van der Waals surface area contributed by atoms with Gasteiger partial charge < -0.3 is 10.1 Å². The van der Waals surface area contributed by atoms with Crippen molar-refractivity contribution in [3.63, 3.8) is 0 Å². The average molecular weight is 278 g/mol. The number of hydrogen-bond acceptors (Lipinski definition) is 4. The zero-order valence-electron chi connectivity index (χ0n) is 10.4. The predicted molar refractivity (Wildman–Crippen MR) is 76.6 cm³/mol. The molecule has 1 rings (SSSR count). The number of anilines is 1. The van der Waals surface area contributed by atoms with Gasteiger partial charge in [0.2, 0.25) is 5.91 Å². The van der Waals surface area contributed by atoms with Gasteiger partial charge >= 0.3 is 5.97 Å². The third-order valence-electron chi connectivity index (χ3n) is 1.93. The first-order chi connectivity index (χ1) is 9.11. The molecule has 0 aliphatic carbocycles. The van der Waals surface area contributed by atoms with Crippen LogP contribution < -0.4 is 10.6 Å². The summed E-state index contributed by atoms with van der Waals surface area (Å²) in [4.78, 5) is 22.4. The topological polar surface area (TPSA) is 67.4 Å². The molecule has 1 aromatic rings. The quantitative estimate of drug-likeness (QED) is 0.497. The average Bonchev–Trinajstić information content (AvgIpc) is 2.38. The van der Waals surface area contributed by atoms with Gasteiger partial charge in [0.15, 0.2) is 5.11 Å². The van der Waals surface area contributed by atoms with Crippen LogP contribution in [0, 0.1) is 0 Å². The van der Waals surface area contributed by atoms with Crippen LogP contribution in [0.1, 0.15) is 6.92 Å². The molecule has 0 spiro atoms. The van der Waals surface area contributed by atoms with E-state index in [1.54, 1.807) is 6.92 Å². The third kappa shape index (κ3) is 6.32. The minimum absolute atomic E-state index is 0.157. The van der Waals surface area contributed by atoms with E-state index in [0.717, 1.165) is 17.8 Å². The number of rotatable bonds is 4. The Hall–Kier alpha value is -2.21. The van der Waals surface area contributed by atoms with Crippen LogP contribution in [0.15, 0.2) is 42.5 Å². The van der Waals surface area contributed by atoms with E-state index in [2.05, 4.69) is 15.4 Å². The lowest BCUT2D eigenvalue weighted by Crippen LogP contribution is -2.32. The summed E-state index contributed by atoms with van der Waals surface area (Å²) in [5.41, 5.74) is 0.766. The first-order valence-electron chi connectivity index (χ1n) is 5.63. The van der Waals surface area contributed by atoms with Crippen LogP contribution in [0.2, 0.25) is 0 Å². The van der Waals surface area contributed by atoms with Crippen LogP contribution in [0.4, 0.5) is 5.69 Å². The number of carbonyl (C=O) groups is 2. The van der Waals surface area contributed by atoms with Crippen LogP contribution in [-0.4, -0.2) is 23.6 Å². The van der Waals surface area contributed by atoms with E-state index in [4.69, 9.17) is 12.2 Å². The standard InChI is InChI=1S/C13H14N2O3S/c1-2-18-12(17)9-8-11(16)15-13(19)14-10-6-4-3-5-7-10/h3-9H,2H2,1H3,(H2,14,15,16,19). The van der Waals surface area contributed by atoms with Crippen molar-refractivity contribution < 1.29 is 14.3 Å². The van der Waals surface area contributed by atoms with Crippen LogP contribution in [0.25, 0.3) is 0 Å². The lowest BCUT2D eigenvalue weighted by atomic mass is 10.3. The number of hydrogen-bond donors (Lipinski definition) is 2. The number of benzene rings is 1. The normalized spacial score (nSPS) is 9.95. The molecule has 0 aliphatic rings. The monoisotopic (exact) mass is 278 g/mol. The van der Waals surface area contributed by atoms with Gasteiger partial charge in [-0.3, -0.25) is 10.1 Å². The van der Waals surface area contributed by atoms with Crippen molar-refractivity contribution in [2.45, 2.75) is 6.92 Å². The molecule has 0 aliphatic heterocycles. The molecule has 5 nitrogen and oxygen atoms in total. The molecular formula is C13H14N2O3S. The Balaban J connectivity index is 2.40. The summed E-state index contributed by atoms with van der Waals surface area (Å²) in [6, 6.07) is 9.18. The van der Waals surface area contributed by atoms with E-state index >= 15 is 0 Å². The number of thiocarbonyl (C=S) groups is 1. The Kier molecular flexibility index (Phi) is 6.25. The van der Waals surface area contributed by atoms with Gasteiger partial charge in [-0.1, -0.05) is 18.2 Å². The summed E-state index contributed by atoms with van der Waals surface area (Å²) in [5.74, 6) is -1.07. The minimum Gasteiger partial charge on any atom is -0.463 e. The van der Waals surface area contributed by atoms with Gasteiger partial charge in [-0.05, 0) is 31.3 Å². The summed E-state index contributed by atoms with van der Waals surface area (Å²) in [6.45, 7) is 1.95. The molecule has 0 atom stereocenters. The zero-order valence-corrected chi connectivity index (χ0v) is 11.2. The highest BCUT2D eigenvalue weighted by Crippen LogP contribution is 2.04. The highest BCUT2D eigenvalue weighted by atomic mass is 32.1. The molecule has 6 heteroatoms. The van der Waals surface area contributed by atoms with Crippen LogP contribution >= 0.6 is 12.2 Å². The lowest BCUT2D eigenvalue weighted by molar-refractivity contribution is -0.137. The second-order valence-corrected chi connectivity index (χ2v) is 3.80. The van der Waals surface area contributed by atoms with E-state index < -0.39 is 11.9 Å². The Bertz CT molecular complexity index is 486.